The van der Waals surface area contributed by atoms with Crippen LogP contribution in [0.4, 0.5) is 0 Å². The second kappa shape index (κ2) is 3.79. The lowest BCUT2D eigenvalue weighted by Crippen LogP contribution is -1.88. The summed E-state index contributed by atoms with van der Waals surface area (Å²) in [6, 6.07) is 8.11. The van der Waals surface area contributed by atoms with Crippen molar-refractivity contribution in [3.63, 3.8) is 0 Å². The summed E-state index contributed by atoms with van der Waals surface area (Å²) in [7, 11) is 0. The molecule has 1 heterocycles. The molecule has 2 aromatic rings. The molecular formula is C9H6BrIN2. The van der Waals surface area contributed by atoms with E-state index in [2.05, 4.69) is 49.6 Å². The van der Waals surface area contributed by atoms with Gasteiger partial charge < -0.3 is 4.57 Å². The summed E-state index contributed by atoms with van der Waals surface area (Å²) in [5, 5.41) is 0. The predicted octanol–water partition coefficient (Wildman–Crippen LogP) is 3.24. The van der Waals surface area contributed by atoms with E-state index in [9.17, 15) is 0 Å². The van der Waals surface area contributed by atoms with E-state index in [0.717, 1.165) is 13.9 Å². The molecule has 0 atom stereocenters. The highest BCUT2D eigenvalue weighted by atomic mass is 127. The smallest absolute Gasteiger partial charge is 0.119 e. The fraction of sp³-hybridized carbons (Fsp3) is 0. The number of halogens is 2. The Hall–Kier alpha value is -0.360. The largest absolute Gasteiger partial charge is 0.305 e. The van der Waals surface area contributed by atoms with Crippen LogP contribution in [0.3, 0.4) is 0 Å². The van der Waals surface area contributed by atoms with Crippen LogP contribution in [0.25, 0.3) is 5.69 Å². The molecule has 0 fully saturated rings. The number of imidazole rings is 1. The zero-order valence-electron chi connectivity index (χ0n) is 6.61. The van der Waals surface area contributed by atoms with Gasteiger partial charge in [0, 0.05) is 16.4 Å². The quantitative estimate of drug-likeness (QED) is 0.723. The van der Waals surface area contributed by atoms with Crippen LogP contribution < -0.4 is 0 Å². The van der Waals surface area contributed by atoms with Gasteiger partial charge in [-0.05, 0) is 40.8 Å². The van der Waals surface area contributed by atoms with Crippen LogP contribution in [0, 0.1) is 3.70 Å². The zero-order chi connectivity index (χ0) is 9.26. The normalized spacial score (nSPS) is 10.3. The van der Waals surface area contributed by atoms with E-state index in [1.54, 1.807) is 0 Å². The molecule has 66 valence electrons. The minimum Gasteiger partial charge on any atom is -0.305 e. The maximum Gasteiger partial charge on any atom is 0.119 e. The summed E-state index contributed by atoms with van der Waals surface area (Å²) >= 11 is 5.62. The highest BCUT2D eigenvalue weighted by Crippen LogP contribution is 2.15. The minimum atomic E-state index is 0.998. The molecule has 0 N–H and O–H groups in total. The molecule has 0 amide bonds. The summed E-state index contributed by atoms with van der Waals surface area (Å²) in [6.45, 7) is 0. The molecule has 1 aromatic heterocycles. The van der Waals surface area contributed by atoms with Gasteiger partial charge in [-0.3, -0.25) is 0 Å². The molecule has 0 aliphatic heterocycles. The lowest BCUT2D eigenvalue weighted by molar-refractivity contribution is 1.06. The average molecular weight is 349 g/mol. The molecule has 1 aromatic carbocycles. The van der Waals surface area contributed by atoms with Crippen molar-refractivity contribution >= 4 is 38.5 Å². The van der Waals surface area contributed by atoms with E-state index in [1.807, 2.05) is 35.3 Å². The van der Waals surface area contributed by atoms with E-state index in [1.165, 1.54) is 0 Å². The van der Waals surface area contributed by atoms with Gasteiger partial charge in [-0.1, -0.05) is 22.0 Å². The minimum absolute atomic E-state index is 0.998. The first-order valence-electron chi connectivity index (χ1n) is 3.71. The average Bonchev–Trinajstić information content (AvgIpc) is 2.52. The van der Waals surface area contributed by atoms with Crippen LogP contribution in [-0.4, -0.2) is 9.55 Å². The van der Waals surface area contributed by atoms with E-state index >= 15 is 0 Å². The Kier molecular flexibility index (Phi) is 2.69. The topological polar surface area (TPSA) is 17.8 Å². The Bertz CT molecular complexity index is 425. The highest BCUT2D eigenvalue weighted by molar-refractivity contribution is 14.1. The van der Waals surface area contributed by atoms with Crippen molar-refractivity contribution in [3.8, 4) is 5.69 Å². The highest BCUT2D eigenvalue weighted by Gasteiger charge is 1.97. The molecule has 0 saturated heterocycles. The van der Waals surface area contributed by atoms with Gasteiger partial charge in [-0.25, -0.2) is 4.98 Å². The van der Waals surface area contributed by atoms with Crippen LogP contribution in [-0.2, 0) is 0 Å². The standard InChI is InChI=1S/C9H6BrIN2/c10-7-2-1-3-8(4-7)13-5-9(11)12-6-13/h1-6H. The zero-order valence-corrected chi connectivity index (χ0v) is 10.4. The molecule has 2 nitrogen and oxygen atoms in total. The van der Waals surface area contributed by atoms with E-state index < -0.39 is 0 Å². The molecule has 2 rings (SSSR count). The third-order valence-electron chi connectivity index (χ3n) is 1.66. The summed E-state index contributed by atoms with van der Waals surface area (Å²) in [5.41, 5.74) is 1.12. The number of nitrogens with zero attached hydrogens (tertiary/aromatic N) is 2. The number of rotatable bonds is 1. The molecule has 0 aliphatic rings. The second-order valence-electron chi connectivity index (χ2n) is 2.58. The van der Waals surface area contributed by atoms with Crippen molar-refractivity contribution in [2.75, 3.05) is 0 Å². The maximum atomic E-state index is 4.16. The molecule has 0 bridgehead atoms. The first-order chi connectivity index (χ1) is 6.25. The van der Waals surface area contributed by atoms with E-state index in [4.69, 9.17) is 0 Å². The van der Waals surface area contributed by atoms with Crippen molar-refractivity contribution in [1.82, 2.24) is 9.55 Å². The molecule has 0 spiro atoms. The Morgan fingerprint density at radius 3 is 2.85 bits per heavy atom. The fourth-order valence-corrected chi connectivity index (χ4v) is 1.89. The van der Waals surface area contributed by atoms with Gasteiger partial charge in [-0.2, -0.15) is 0 Å². The van der Waals surface area contributed by atoms with Crippen molar-refractivity contribution < 1.29 is 0 Å². The van der Waals surface area contributed by atoms with Crippen molar-refractivity contribution in [1.29, 1.82) is 0 Å². The molecular weight excluding hydrogens is 343 g/mol. The summed E-state index contributed by atoms with van der Waals surface area (Å²) in [6.07, 6.45) is 3.80. The summed E-state index contributed by atoms with van der Waals surface area (Å²) in [5.74, 6) is 0. The van der Waals surface area contributed by atoms with Crippen LogP contribution in [0.2, 0.25) is 0 Å². The number of hydrogen-bond donors (Lipinski definition) is 0. The third kappa shape index (κ3) is 2.11. The van der Waals surface area contributed by atoms with Gasteiger partial charge in [0.1, 0.15) is 10.0 Å². The molecule has 0 radical (unpaired) electrons. The van der Waals surface area contributed by atoms with Gasteiger partial charge in [0.2, 0.25) is 0 Å². The SMILES string of the molecule is Brc1cccc(-n2cnc(I)c2)c1. The Morgan fingerprint density at radius 1 is 1.38 bits per heavy atom. The van der Waals surface area contributed by atoms with Gasteiger partial charge in [0.25, 0.3) is 0 Å². The number of hydrogen-bond acceptors (Lipinski definition) is 1. The molecule has 0 saturated carbocycles. The van der Waals surface area contributed by atoms with Crippen LogP contribution in [0.15, 0.2) is 41.3 Å². The van der Waals surface area contributed by atoms with E-state index in [-0.39, 0.29) is 0 Å². The van der Waals surface area contributed by atoms with Crippen LogP contribution in [0.1, 0.15) is 0 Å². The Labute approximate surface area is 98.3 Å². The molecule has 0 aliphatic carbocycles. The Morgan fingerprint density at radius 2 is 2.23 bits per heavy atom. The Balaban J connectivity index is 2.46. The number of aromatic nitrogens is 2. The van der Waals surface area contributed by atoms with Gasteiger partial charge >= 0.3 is 0 Å². The lowest BCUT2D eigenvalue weighted by atomic mass is 10.3. The van der Waals surface area contributed by atoms with Crippen LogP contribution in [0.5, 0.6) is 0 Å². The third-order valence-corrected chi connectivity index (χ3v) is 2.71. The summed E-state index contributed by atoms with van der Waals surface area (Å²) < 4.78 is 4.07. The van der Waals surface area contributed by atoms with E-state index in [0.29, 0.717) is 0 Å². The maximum absolute atomic E-state index is 4.16. The van der Waals surface area contributed by atoms with Crippen molar-refractivity contribution in [2.24, 2.45) is 0 Å². The van der Waals surface area contributed by atoms with Crippen molar-refractivity contribution in [3.05, 3.63) is 45.0 Å². The first-order valence-corrected chi connectivity index (χ1v) is 5.58. The lowest BCUT2D eigenvalue weighted by Gasteiger charge is -2.00. The molecule has 4 heteroatoms. The van der Waals surface area contributed by atoms with Gasteiger partial charge in [0.15, 0.2) is 0 Å². The molecule has 0 unspecified atom stereocenters. The van der Waals surface area contributed by atoms with Crippen LogP contribution >= 0.6 is 38.5 Å². The van der Waals surface area contributed by atoms with Gasteiger partial charge in [0.05, 0.1) is 0 Å². The fourth-order valence-electron chi connectivity index (χ4n) is 1.08. The monoisotopic (exact) mass is 348 g/mol. The summed E-state index contributed by atoms with van der Waals surface area (Å²) in [4.78, 5) is 4.16. The second-order valence-corrected chi connectivity index (χ2v) is 4.60. The first kappa shape index (κ1) is 9.21. The van der Waals surface area contributed by atoms with Crippen molar-refractivity contribution in [2.45, 2.75) is 0 Å². The molecule has 13 heavy (non-hydrogen) atoms. The predicted molar refractivity (Wildman–Crippen MR) is 64.0 cm³/mol. The van der Waals surface area contributed by atoms with Gasteiger partial charge in [-0.15, -0.1) is 0 Å². The number of benzene rings is 1.